The molecule has 0 bridgehead atoms. The number of hydrogen-bond donors (Lipinski definition) is 0. The van der Waals surface area contributed by atoms with Crippen LogP contribution in [0.5, 0.6) is 0 Å². The number of nitrogens with zero attached hydrogens (tertiary/aromatic N) is 1. The second-order valence-electron chi connectivity index (χ2n) is 6.30. The van der Waals surface area contributed by atoms with E-state index >= 15 is 0 Å². The van der Waals surface area contributed by atoms with Crippen LogP contribution in [0.15, 0.2) is 30.3 Å². The minimum atomic E-state index is -3.19. The summed E-state index contributed by atoms with van der Waals surface area (Å²) in [6.45, 7) is 2.24. The van der Waals surface area contributed by atoms with Gasteiger partial charge in [0.15, 0.2) is 0 Å². The fourth-order valence-electron chi connectivity index (χ4n) is 2.71. The van der Waals surface area contributed by atoms with Crippen molar-refractivity contribution in [3.63, 3.8) is 0 Å². The summed E-state index contributed by atoms with van der Waals surface area (Å²) in [5.74, 6) is 0.245. The van der Waals surface area contributed by atoms with Crippen LogP contribution in [0.3, 0.4) is 0 Å². The van der Waals surface area contributed by atoms with Gasteiger partial charge in [-0.3, -0.25) is 4.31 Å². The summed E-state index contributed by atoms with van der Waals surface area (Å²) in [5.41, 5.74) is 0.736. The van der Waals surface area contributed by atoms with Crippen molar-refractivity contribution < 1.29 is 8.42 Å². The molecule has 0 radical (unpaired) electrons. The molecule has 4 heteroatoms. The number of unbranched alkanes of at least 4 members (excludes halogenated alkanes) is 9. The molecule has 0 aliphatic rings. The Hall–Kier alpha value is -1.03. The summed E-state index contributed by atoms with van der Waals surface area (Å²) in [6.07, 6.45) is 12.1. The van der Waals surface area contributed by atoms with Crippen LogP contribution >= 0.6 is 0 Å². The number of hydrogen-bond acceptors (Lipinski definition) is 2. The summed E-state index contributed by atoms with van der Waals surface area (Å²) in [7, 11) is -1.55. The van der Waals surface area contributed by atoms with Gasteiger partial charge in [-0.05, 0) is 18.6 Å². The molecule has 0 atom stereocenters. The highest BCUT2D eigenvalue weighted by Crippen LogP contribution is 2.17. The largest absolute Gasteiger partial charge is 0.273 e. The molecule has 1 aromatic carbocycles. The molecule has 0 heterocycles. The molecule has 3 nitrogen and oxygen atoms in total. The third-order valence-electron chi connectivity index (χ3n) is 4.29. The average Bonchev–Trinajstić information content (AvgIpc) is 2.56. The van der Waals surface area contributed by atoms with Crippen LogP contribution in [0.4, 0.5) is 5.69 Å². The number of benzene rings is 1. The van der Waals surface area contributed by atoms with Gasteiger partial charge in [0.1, 0.15) is 0 Å². The smallest absolute Gasteiger partial charge is 0.234 e. The van der Waals surface area contributed by atoms with Gasteiger partial charge in [0.05, 0.1) is 11.4 Å². The molecule has 0 aliphatic heterocycles. The zero-order valence-electron chi connectivity index (χ0n) is 14.8. The molecule has 0 saturated carbocycles. The van der Waals surface area contributed by atoms with E-state index < -0.39 is 10.0 Å². The maximum absolute atomic E-state index is 12.3. The third kappa shape index (κ3) is 8.40. The molecule has 0 saturated heterocycles. The van der Waals surface area contributed by atoms with Gasteiger partial charge in [-0.2, -0.15) is 0 Å². The highest BCUT2D eigenvalue weighted by molar-refractivity contribution is 7.92. The average molecular weight is 340 g/mol. The van der Waals surface area contributed by atoms with Crippen LogP contribution in [-0.2, 0) is 10.0 Å². The van der Waals surface area contributed by atoms with Gasteiger partial charge in [0.25, 0.3) is 0 Å². The van der Waals surface area contributed by atoms with E-state index in [-0.39, 0.29) is 5.75 Å². The van der Waals surface area contributed by atoms with E-state index in [1.807, 2.05) is 30.3 Å². The van der Waals surface area contributed by atoms with E-state index in [0.717, 1.165) is 24.9 Å². The quantitative estimate of drug-likeness (QED) is 0.453. The summed E-state index contributed by atoms with van der Waals surface area (Å²) < 4.78 is 26.0. The first-order valence-corrected chi connectivity index (χ1v) is 10.7. The maximum Gasteiger partial charge on any atom is 0.234 e. The molecular weight excluding hydrogens is 306 g/mol. The zero-order valence-corrected chi connectivity index (χ0v) is 15.7. The molecule has 1 aromatic rings. The van der Waals surface area contributed by atoms with Crippen LogP contribution in [0.2, 0.25) is 0 Å². The Kier molecular flexibility index (Phi) is 10.0. The van der Waals surface area contributed by atoms with Crippen LogP contribution in [0.25, 0.3) is 0 Å². The van der Waals surface area contributed by atoms with Gasteiger partial charge < -0.3 is 0 Å². The lowest BCUT2D eigenvalue weighted by Gasteiger charge is -2.19. The Bertz CT molecular complexity index is 499. The first-order valence-electron chi connectivity index (χ1n) is 9.09. The highest BCUT2D eigenvalue weighted by Gasteiger charge is 2.17. The zero-order chi connectivity index (χ0) is 17.0. The molecule has 0 aromatic heterocycles. The SMILES string of the molecule is CCCCCCCCCCCCS(=O)(=O)N(C)c1ccccc1. The molecule has 1 rings (SSSR count). The predicted molar refractivity (Wildman–Crippen MR) is 100 cm³/mol. The van der Waals surface area contributed by atoms with Gasteiger partial charge in [-0.15, -0.1) is 0 Å². The van der Waals surface area contributed by atoms with Gasteiger partial charge in [0.2, 0.25) is 10.0 Å². The second kappa shape index (κ2) is 11.5. The van der Waals surface area contributed by atoms with Crippen LogP contribution < -0.4 is 4.31 Å². The Balaban J connectivity index is 2.12. The Morgan fingerprint density at radius 1 is 0.783 bits per heavy atom. The van der Waals surface area contributed by atoms with Gasteiger partial charge >= 0.3 is 0 Å². The lowest BCUT2D eigenvalue weighted by atomic mass is 10.1. The molecule has 132 valence electrons. The molecule has 0 unspecified atom stereocenters. The Morgan fingerprint density at radius 2 is 1.26 bits per heavy atom. The number of anilines is 1. The van der Waals surface area contributed by atoms with Crippen molar-refractivity contribution in [2.24, 2.45) is 0 Å². The Labute approximate surface area is 143 Å². The van der Waals surface area contributed by atoms with Gasteiger partial charge in [-0.25, -0.2) is 8.42 Å². The van der Waals surface area contributed by atoms with Crippen LogP contribution in [-0.4, -0.2) is 21.2 Å². The van der Waals surface area contributed by atoms with Crippen molar-refractivity contribution in [2.45, 2.75) is 71.1 Å². The van der Waals surface area contributed by atoms with E-state index in [1.165, 1.54) is 49.3 Å². The number of rotatable bonds is 13. The van der Waals surface area contributed by atoms with E-state index in [2.05, 4.69) is 6.92 Å². The molecule has 0 N–H and O–H groups in total. The van der Waals surface area contributed by atoms with Gasteiger partial charge in [-0.1, -0.05) is 82.9 Å². The lowest BCUT2D eigenvalue weighted by Crippen LogP contribution is -2.28. The van der Waals surface area contributed by atoms with E-state index in [9.17, 15) is 8.42 Å². The van der Waals surface area contributed by atoms with Crippen molar-refractivity contribution in [3.8, 4) is 0 Å². The van der Waals surface area contributed by atoms with Crippen molar-refractivity contribution in [2.75, 3.05) is 17.1 Å². The summed E-state index contributed by atoms with van der Waals surface area (Å²) in [6, 6.07) is 9.28. The summed E-state index contributed by atoms with van der Waals surface area (Å²) in [4.78, 5) is 0. The van der Waals surface area contributed by atoms with Crippen molar-refractivity contribution in [1.82, 2.24) is 0 Å². The summed E-state index contributed by atoms with van der Waals surface area (Å²) in [5, 5.41) is 0. The van der Waals surface area contributed by atoms with Crippen LogP contribution in [0.1, 0.15) is 71.1 Å². The topological polar surface area (TPSA) is 37.4 Å². The Morgan fingerprint density at radius 3 is 1.78 bits per heavy atom. The first kappa shape index (κ1) is 20.0. The molecule has 0 fully saturated rings. The minimum absolute atomic E-state index is 0.245. The lowest BCUT2D eigenvalue weighted by molar-refractivity contribution is 0.557. The van der Waals surface area contributed by atoms with E-state index in [1.54, 1.807) is 7.05 Å². The van der Waals surface area contributed by atoms with Crippen molar-refractivity contribution in [3.05, 3.63) is 30.3 Å². The molecule has 0 amide bonds. The third-order valence-corrected chi connectivity index (χ3v) is 6.14. The predicted octanol–water partition coefficient (Wildman–Crippen LogP) is 5.37. The molecule has 23 heavy (non-hydrogen) atoms. The van der Waals surface area contributed by atoms with E-state index in [0.29, 0.717) is 0 Å². The van der Waals surface area contributed by atoms with Gasteiger partial charge in [0, 0.05) is 7.05 Å². The van der Waals surface area contributed by atoms with Crippen molar-refractivity contribution >= 4 is 15.7 Å². The molecule has 0 spiro atoms. The monoisotopic (exact) mass is 339 g/mol. The molecular formula is C19H33NO2S. The highest BCUT2D eigenvalue weighted by atomic mass is 32.2. The second-order valence-corrected chi connectivity index (χ2v) is 8.42. The minimum Gasteiger partial charge on any atom is -0.273 e. The normalized spacial score (nSPS) is 11.6. The van der Waals surface area contributed by atoms with E-state index in [4.69, 9.17) is 0 Å². The number of para-hydroxylation sites is 1. The van der Waals surface area contributed by atoms with Crippen LogP contribution in [0, 0.1) is 0 Å². The molecule has 0 aliphatic carbocycles. The standard InChI is InChI=1S/C19H33NO2S/c1-3-4-5-6-7-8-9-10-11-15-18-23(21,22)20(2)19-16-13-12-14-17-19/h12-14,16-17H,3-11,15,18H2,1-2H3. The summed E-state index contributed by atoms with van der Waals surface area (Å²) >= 11 is 0. The van der Waals surface area contributed by atoms with Crippen molar-refractivity contribution in [1.29, 1.82) is 0 Å². The number of sulfonamides is 1. The maximum atomic E-state index is 12.3. The fourth-order valence-corrected chi connectivity index (χ4v) is 3.99. The first-order chi connectivity index (χ1) is 11.1. The fraction of sp³-hybridized carbons (Fsp3) is 0.684.